The number of amides is 2. The molecule has 1 N–H and O–H groups in total. The molecule has 8 nitrogen and oxygen atoms in total. The van der Waals surface area contributed by atoms with Crippen molar-refractivity contribution >= 4 is 28.4 Å². The Bertz CT molecular complexity index is 1080. The van der Waals surface area contributed by atoms with Crippen molar-refractivity contribution in [2.45, 2.75) is 26.9 Å². The van der Waals surface area contributed by atoms with Crippen molar-refractivity contribution in [1.29, 1.82) is 0 Å². The van der Waals surface area contributed by atoms with Gasteiger partial charge >= 0.3 is 0 Å². The lowest BCUT2D eigenvalue weighted by Crippen LogP contribution is -2.31. The van der Waals surface area contributed by atoms with Gasteiger partial charge in [-0.05, 0) is 30.7 Å². The summed E-state index contributed by atoms with van der Waals surface area (Å²) in [6, 6.07) is 14.1. The Kier molecular flexibility index (Phi) is 5.78. The lowest BCUT2D eigenvalue weighted by atomic mass is 10.1. The highest BCUT2D eigenvalue weighted by Gasteiger charge is 2.13. The first-order valence-corrected chi connectivity index (χ1v) is 8.95. The smallest absolute Gasteiger partial charge is 0.278 e. The van der Waals surface area contributed by atoms with E-state index in [-0.39, 0.29) is 18.0 Å². The van der Waals surface area contributed by atoms with Gasteiger partial charge in [0.25, 0.3) is 5.56 Å². The van der Waals surface area contributed by atoms with Crippen LogP contribution >= 0.6 is 0 Å². The van der Waals surface area contributed by atoms with E-state index in [0.29, 0.717) is 29.7 Å². The third-order valence-corrected chi connectivity index (χ3v) is 4.40. The summed E-state index contributed by atoms with van der Waals surface area (Å²) >= 11 is 0. The quantitative estimate of drug-likeness (QED) is 0.704. The van der Waals surface area contributed by atoms with Gasteiger partial charge in [0.1, 0.15) is 12.1 Å². The predicted octanol–water partition coefficient (Wildman–Crippen LogP) is 1.80. The molecule has 2 amide bonds. The molecule has 0 unspecified atom stereocenters. The minimum Gasteiger partial charge on any atom is -0.339 e. The van der Waals surface area contributed by atoms with Gasteiger partial charge in [-0.3, -0.25) is 14.4 Å². The summed E-state index contributed by atoms with van der Waals surface area (Å²) < 4.78 is 1.04. The van der Waals surface area contributed by atoms with Crippen molar-refractivity contribution in [2.24, 2.45) is 0 Å². The van der Waals surface area contributed by atoms with Gasteiger partial charge in [0, 0.05) is 25.7 Å². The third-order valence-electron chi connectivity index (χ3n) is 4.40. The molecular weight excluding hydrogens is 358 g/mol. The molecule has 3 aromatic rings. The first-order valence-electron chi connectivity index (χ1n) is 8.95. The normalized spacial score (nSPS) is 10.6. The summed E-state index contributed by atoms with van der Waals surface area (Å²) in [6.07, 6.45) is 0. The molecule has 0 saturated carbocycles. The first-order chi connectivity index (χ1) is 13.5. The summed E-state index contributed by atoms with van der Waals surface area (Å²) in [7, 11) is 0. The van der Waals surface area contributed by atoms with Crippen LogP contribution in [0.3, 0.4) is 0 Å². The van der Waals surface area contributed by atoms with Gasteiger partial charge in [-0.2, -0.15) is 0 Å². The molecule has 3 rings (SSSR count). The largest absolute Gasteiger partial charge is 0.339 e. The number of nitrogens with one attached hydrogen (secondary N) is 1. The van der Waals surface area contributed by atoms with Crippen molar-refractivity contribution in [3.05, 3.63) is 64.4 Å². The van der Waals surface area contributed by atoms with Crippen LogP contribution in [0.1, 0.15) is 19.4 Å². The van der Waals surface area contributed by atoms with E-state index in [4.69, 9.17) is 0 Å². The molecule has 1 aromatic heterocycles. The SMILES string of the molecule is CCN(Cc1ccccc1NC(=O)Cn1nnc2ccccc2c1=O)C(C)=O. The fourth-order valence-corrected chi connectivity index (χ4v) is 2.88. The molecular formula is C20H21N5O3. The van der Waals surface area contributed by atoms with E-state index in [9.17, 15) is 14.4 Å². The van der Waals surface area contributed by atoms with Crippen LogP contribution < -0.4 is 10.9 Å². The molecule has 28 heavy (non-hydrogen) atoms. The van der Waals surface area contributed by atoms with E-state index < -0.39 is 5.91 Å². The molecule has 0 fully saturated rings. The summed E-state index contributed by atoms with van der Waals surface area (Å²) in [5, 5.41) is 11.0. The number of benzene rings is 2. The second-order valence-corrected chi connectivity index (χ2v) is 6.31. The Morgan fingerprint density at radius 1 is 1.11 bits per heavy atom. The second kappa shape index (κ2) is 8.43. The average molecular weight is 379 g/mol. The van der Waals surface area contributed by atoms with Gasteiger partial charge in [-0.25, -0.2) is 4.68 Å². The van der Waals surface area contributed by atoms with Gasteiger partial charge in [-0.15, -0.1) is 5.10 Å². The Morgan fingerprint density at radius 2 is 1.82 bits per heavy atom. The summed E-state index contributed by atoms with van der Waals surface area (Å²) in [4.78, 5) is 38.3. The standard InChI is InChI=1S/C20H21N5O3/c1-3-24(14(2)26)12-15-8-4-6-10-17(15)21-19(27)13-25-20(28)16-9-5-7-11-18(16)22-23-25/h4-11H,3,12-13H2,1-2H3,(H,21,27). The van der Waals surface area contributed by atoms with Crippen molar-refractivity contribution in [3.8, 4) is 0 Å². The maximum atomic E-state index is 12.5. The van der Waals surface area contributed by atoms with E-state index >= 15 is 0 Å². The second-order valence-electron chi connectivity index (χ2n) is 6.31. The fourth-order valence-electron chi connectivity index (χ4n) is 2.88. The Balaban J connectivity index is 1.78. The molecule has 0 atom stereocenters. The van der Waals surface area contributed by atoms with Crippen molar-refractivity contribution < 1.29 is 9.59 Å². The van der Waals surface area contributed by atoms with Crippen LogP contribution in [0, 0.1) is 0 Å². The van der Waals surface area contributed by atoms with E-state index in [0.717, 1.165) is 10.2 Å². The molecule has 0 saturated heterocycles. The number of anilines is 1. The van der Waals surface area contributed by atoms with Crippen LogP contribution in [-0.2, 0) is 22.7 Å². The van der Waals surface area contributed by atoms with Gasteiger partial charge < -0.3 is 10.2 Å². The van der Waals surface area contributed by atoms with E-state index in [1.165, 1.54) is 6.92 Å². The van der Waals surface area contributed by atoms with Crippen LogP contribution in [-0.4, -0.2) is 38.3 Å². The number of carbonyl (C=O) groups is 2. The zero-order valence-electron chi connectivity index (χ0n) is 15.8. The highest BCUT2D eigenvalue weighted by molar-refractivity contribution is 5.91. The number of hydrogen-bond donors (Lipinski definition) is 1. The van der Waals surface area contributed by atoms with Crippen LogP contribution in [0.4, 0.5) is 5.69 Å². The van der Waals surface area contributed by atoms with Crippen LogP contribution in [0.25, 0.3) is 10.9 Å². The molecule has 2 aromatic carbocycles. The Hall–Kier alpha value is -3.55. The lowest BCUT2D eigenvalue weighted by molar-refractivity contribution is -0.129. The predicted molar refractivity (Wildman–Crippen MR) is 106 cm³/mol. The Morgan fingerprint density at radius 3 is 2.57 bits per heavy atom. The van der Waals surface area contributed by atoms with E-state index in [1.807, 2.05) is 19.1 Å². The topological polar surface area (TPSA) is 97.2 Å². The van der Waals surface area contributed by atoms with Crippen molar-refractivity contribution in [2.75, 3.05) is 11.9 Å². The van der Waals surface area contributed by atoms with E-state index in [1.54, 1.807) is 41.3 Å². The molecule has 0 radical (unpaired) electrons. The van der Waals surface area contributed by atoms with Gasteiger partial charge in [-0.1, -0.05) is 35.5 Å². The zero-order valence-corrected chi connectivity index (χ0v) is 15.8. The number of rotatable bonds is 6. The fraction of sp³-hybridized carbons (Fsp3) is 0.250. The highest BCUT2D eigenvalue weighted by Crippen LogP contribution is 2.17. The first kappa shape index (κ1) is 19.2. The number of fused-ring (bicyclic) bond motifs is 1. The summed E-state index contributed by atoms with van der Waals surface area (Å²) in [6.45, 7) is 4.11. The van der Waals surface area contributed by atoms with Crippen LogP contribution in [0.15, 0.2) is 53.3 Å². The number of aromatic nitrogens is 3. The maximum Gasteiger partial charge on any atom is 0.278 e. The zero-order chi connectivity index (χ0) is 20.1. The molecule has 8 heteroatoms. The molecule has 1 heterocycles. The monoisotopic (exact) mass is 379 g/mol. The molecule has 0 bridgehead atoms. The molecule has 144 valence electrons. The van der Waals surface area contributed by atoms with E-state index in [2.05, 4.69) is 15.6 Å². The third kappa shape index (κ3) is 4.22. The maximum absolute atomic E-state index is 12.5. The van der Waals surface area contributed by atoms with Gasteiger partial charge in [0.15, 0.2) is 0 Å². The molecule has 0 spiro atoms. The molecule has 0 aliphatic heterocycles. The molecule has 0 aliphatic carbocycles. The Labute approximate surface area is 161 Å². The summed E-state index contributed by atoms with van der Waals surface area (Å²) in [5.74, 6) is -0.438. The van der Waals surface area contributed by atoms with Gasteiger partial charge in [0.2, 0.25) is 11.8 Å². The van der Waals surface area contributed by atoms with Crippen LogP contribution in [0.5, 0.6) is 0 Å². The lowest BCUT2D eigenvalue weighted by Gasteiger charge is -2.21. The van der Waals surface area contributed by atoms with Crippen molar-refractivity contribution in [3.63, 3.8) is 0 Å². The highest BCUT2D eigenvalue weighted by atomic mass is 16.2. The number of para-hydroxylation sites is 1. The van der Waals surface area contributed by atoms with Gasteiger partial charge in [0.05, 0.1) is 5.39 Å². The minimum absolute atomic E-state index is 0.0402. The van der Waals surface area contributed by atoms with Crippen LogP contribution in [0.2, 0.25) is 0 Å². The number of nitrogens with zero attached hydrogens (tertiary/aromatic N) is 4. The summed E-state index contributed by atoms with van der Waals surface area (Å²) in [5.41, 5.74) is 1.51. The van der Waals surface area contributed by atoms with Crippen molar-refractivity contribution in [1.82, 2.24) is 19.9 Å². The number of hydrogen-bond acceptors (Lipinski definition) is 5. The molecule has 0 aliphatic rings. The average Bonchev–Trinajstić information content (AvgIpc) is 2.69. The minimum atomic E-state index is -0.398. The number of carbonyl (C=O) groups excluding carboxylic acids is 2.